The maximum Gasteiger partial charge on any atom is 0.308 e. The van der Waals surface area contributed by atoms with Crippen LogP contribution in [-0.4, -0.2) is 71.3 Å². The minimum atomic E-state index is -0.887. The van der Waals surface area contributed by atoms with Gasteiger partial charge in [0.25, 0.3) is 0 Å². The summed E-state index contributed by atoms with van der Waals surface area (Å²) < 4.78 is 11.2. The maximum absolute atomic E-state index is 13.6. The third kappa shape index (κ3) is 8.85. The van der Waals surface area contributed by atoms with E-state index in [-0.39, 0.29) is 43.5 Å². The van der Waals surface area contributed by atoms with Crippen molar-refractivity contribution in [2.75, 3.05) is 26.5 Å². The first kappa shape index (κ1) is 31.2. The van der Waals surface area contributed by atoms with Crippen molar-refractivity contribution in [2.45, 2.75) is 103 Å². The standard InChI is InChI=1S/C31H47NO7/c1-3-5-7-10-22(11-8-9-17-33)27(35)20-32-19-25(23-13-16-28-29(18-23)39-21-38-28)30(31(36)37)26(32)15-14-24(34)12-6-4-2/h10,13,16,25-26,29-30,33H,3-9,11-12,14-15,17-21H2,1-2H3,(H,36,37)/b22-10+/t25-,26+,29?,30+/m1/s1. The molecule has 8 heteroatoms. The summed E-state index contributed by atoms with van der Waals surface area (Å²) in [6, 6.07) is -0.400. The van der Waals surface area contributed by atoms with Gasteiger partial charge in [-0.2, -0.15) is 0 Å². The lowest BCUT2D eigenvalue weighted by atomic mass is 9.80. The highest BCUT2D eigenvalue weighted by molar-refractivity contribution is 5.97. The first-order valence-electron chi connectivity index (χ1n) is 14.9. The molecule has 218 valence electrons. The molecule has 2 saturated heterocycles. The van der Waals surface area contributed by atoms with Crippen molar-refractivity contribution in [1.82, 2.24) is 4.90 Å². The first-order valence-corrected chi connectivity index (χ1v) is 14.9. The van der Waals surface area contributed by atoms with Crippen LogP contribution in [-0.2, 0) is 23.9 Å². The van der Waals surface area contributed by atoms with E-state index in [1.54, 1.807) is 0 Å². The number of aliphatic hydroxyl groups excluding tert-OH is 1. The maximum atomic E-state index is 13.6. The van der Waals surface area contributed by atoms with Crippen molar-refractivity contribution < 1.29 is 34.1 Å². The van der Waals surface area contributed by atoms with E-state index in [0.717, 1.165) is 55.4 Å². The van der Waals surface area contributed by atoms with Crippen molar-refractivity contribution in [3.05, 3.63) is 35.1 Å². The molecule has 4 atom stereocenters. The van der Waals surface area contributed by atoms with Crippen LogP contribution in [0.15, 0.2) is 35.1 Å². The van der Waals surface area contributed by atoms with Crippen LogP contribution in [0.2, 0.25) is 0 Å². The number of unbranched alkanes of at least 4 members (excludes halogenated alkanes) is 4. The van der Waals surface area contributed by atoms with Gasteiger partial charge in [0.15, 0.2) is 12.6 Å². The molecule has 0 saturated carbocycles. The minimum Gasteiger partial charge on any atom is -0.481 e. The molecule has 3 aliphatic rings. The number of rotatable bonds is 18. The number of ether oxygens (including phenoxy) is 2. The summed E-state index contributed by atoms with van der Waals surface area (Å²) in [5.74, 6) is -0.915. The smallest absolute Gasteiger partial charge is 0.308 e. The SMILES string of the molecule is CCCC/C=C(\CCCCO)C(=O)CN1C[C@H](C2=CC=C3OCOC3C2)[C@H](C(=O)O)[C@@H]1CCC(=O)CCCC. The third-order valence-corrected chi connectivity index (χ3v) is 8.24. The quantitative estimate of drug-likeness (QED) is 0.184. The lowest BCUT2D eigenvalue weighted by molar-refractivity contribution is -0.144. The number of ketones is 2. The van der Waals surface area contributed by atoms with Gasteiger partial charge in [0, 0.05) is 44.4 Å². The Morgan fingerprint density at radius 2 is 1.85 bits per heavy atom. The van der Waals surface area contributed by atoms with Crippen LogP contribution in [0.4, 0.5) is 0 Å². The van der Waals surface area contributed by atoms with E-state index in [1.165, 1.54) is 0 Å². The van der Waals surface area contributed by atoms with Gasteiger partial charge in [-0.3, -0.25) is 19.3 Å². The van der Waals surface area contributed by atoms with Gasteiger partial charge in [-0.15, -0.1) is 0 Å². The molecular weight excluding hydrogens is 498 g/mol. The Morgan fingerprint density at radius 1 is 1.05 bits per heavy atom. The monoisotopic (exact) mass is 545 g/mol. The molecule has 2 fully saturated rings. The molecule has 0 amide bonds. The molecule has 2 N–H and O–H groups in total. The second-order valence-electron chi connectivity index (χ2n) is 11.1. The summed E-state index contributed by atoms with van der Waals surface area (Å²) in [4.78, 5) is 40.8. The number of carbonyl (C=O) groups is 3. The Hall–Kier alpha value is -2.29. The molecule has 0 aromatic carbocycles. The number of Topliss-reactive ketones (excluding diaryl/α,β-unsaturated/α-hetero) is 2. The summed E-state index contributed by atoms with van der Waals surface area (Å²) >= 11 is 0. The Kier molecular flexibility index (Phi) is 12.9. The van der Waals surface area contributed by atoms with E-state index in [1.807, 2.05) is 30.1 Å². The number of fused-ring (bicyclic) bond motifs is 1. The van der Waals surface area contributed by atoms with Crippen LogP contribution < -0.4 is 0 Å². The number of nitrogens with zero attached hydrogens (tertiary/aromatic N) is 1. The normalized spacial score (nSPS) is 25.2. The van der Waals surface area contributed by atoms with E-state index in [4.69, 9.17) is 9.47 Å². The van der Waals surface area contributed by atoms with Gasteiger partial charge in [0.05, 0.1) is 12.5 Å². The highest BCUT2D eigenvalue weighted by atomic mass is 16.7. The van der Waals surface area contributed by atoms with E-state index in [9.17, 15) is 24.6 Å². The van der Waals surface area contributed by atoms with Crippen molar-refractivity contribution in [3.63, 3.8) is 0 Å². The van der Waals surface area contributed by atoms with E-state index in [0.29, 0.717) is 45.1 Å². The molecule has 39 heavy (non-hydrogen) atoms. The number of aliphatic hydroxyl groups is 1. The number of carbonyl (C=O) groups excluding carboxylic acids is 2. The predicted molar refractivity (Wildman–Crippen MR) is 149 cm³/mol. The zero-order valence-electron chi connectivity index (χ0n) is 23.7. The van der Waals surface area contributed by atoms with Crippen LogP contribution in [0.1, 0.15) is 90.9 Å². The Morgan fingerprint density at radius 3 is 2.56 bits per heavy atom. The highest BCUT2D eigenvalue weighted by Crippen LogP contribution is 2.42. The van der Waals surface area contributed by atoms with Crippen LogP contribution in [0, 0.1) is 11.8 Å². The van der Waals surface area contributed by atoms with Crippen molar-refractivity contribution in [1.29, 1.82) is 0 Å². The largest absolute Gasteiger partial charge is 0.481 e. The van der Waals surface area contributed by atoms with Crippen LogP contribution >= 0.6 is 0 Å². The van der Waals surface area contributed by atoms with Gasteiger partial charge >= 0.3 is 5.97 Å². The Balaban J connectivity index is 1.82. The Bertz CT molecular complexity index is 937. The molecule has 2 aliphatic heterocycles. The van der Waals surface area contributed by atoms with Gasteiger partial charge in [0.2, 0.25) is 0 Å². The number of carboxylic acids is 1. The fourth-order valence-electron chi connectivity index (χ4n) is 6.00. The first-order chi connectivity index (χ1) is 18.9. The van der Waals surface area contributed by atoms with E-state index >= 15 is 0 Å². The van der Waals surface area contributed by atoms with Gasteiger partial charge in [0.1, 0.15) is 17.6 Å². The number of hydrogen-bond acceptors (Lipinski definition) is 7. The topological polar surface area (TPSA) is 113 Å². The average Bonchev–Trinajstić information content (AvgIpc) is 3.54. The fraction of sp³-hybridized carbons (Fsp3) is 0.710. The molecule has 3 rings (SSSR count). The number of aliphatic carboxylic acids is 1. The summed E-state index contributed by atoms with van der Waals surface area (Å²) in [5, 5.41) is 19.6. The predicted octanol–water partition coefficient (Wildman–Crippen LogP) is 4.96. The zero-order chi connectivity index (χ0) is 28.2. The summed E-state index contributed by atoms with van der Waals surface area (Å²) in [7, 11) is 0. The fourth-order valence-corrected chi connectivity index (χ4v) is 6.00. The van der Waals surface area contributed by atoms with Gasteiger partial charge < -0.3 is 19.7 Å². The molecule has 0 bridgehead atoms. The van der Waals surface area contributed by atoms with Crippen molar-refractivity contribution in [2.24, 2.45) is 11.8 Å². The highest BCUT2D eigenvalue weighted by Gasteiger charge is 2.48. The molecule has 0 spiro atoms. The minimum absolute atomic E-state index is 0.0171. The zero-order valence-corrected chi connectivity index (χ0v) is 23.7. The summed E-state index contributed by atoms with van der Waals surface area (Å²) in [6.07, 6.45) is 14.2. The number of allylic oxidation sites excluding steroid dienone is 3. The molecule has 1 aliphatic carbocycles. The van der Waals surface area contributed by atoms with Crippen LogP contribution in [0.25, 0.3) is 0 Å². The second-order valence-corrected chi connectivity index (χ2v) is 11.1. The molecule has 2 heterocycles. The van der Waals surface area contributed by atoms with Gasteiger partial charge in [-0.05, 0) is 50.2 Å². The van der Waals surface area contributed by atoms with E-state index in [2.05, 4.69) is 6.92 Å². The molecule has 8 nitrogen and oxygen atoms in total. The lowest BCUT2D eigenvalue weighted by Gasteiger charge is -2.27. The van der Waals surface area contributed by atoms with Crippen molar-refractivity contribution >= 4 is 17.5 Å². The van der Waals surface area contributed by atoms with Gasteiger partial charge in [-0.25, -0.2) is 0 Å². The van der Waals surface area contributed by atoms with E-state index < -0.39 is 17.9 Å². The summed E-state index contributed by atoms with van der Waals surface area (Å²) in [5.41, 5.74) is 1.77. The van der Waals surface area contributed by atoms with Crippen LogP contribution in [0.5, 0.6) is 0 Å². The van der Waals surface area contributed by atoms with Crippen molar-refractivity contribution in [3.8, 4) is 0 Å². The summed E-state index contributed by atoms with van der Waals surface area (Å²) in [6.45, 7) is 5.06. The number of likely N-dealkylation sites (tertiary alicyclic amines) is 1. The Labute approximate surface area is 233 Å². The third-order valence-electron chi connectivity index (χ3n) is 8.24. The molecule has 1 unspecified atom stereocenters. The number of hydrogen-bond donors (Lipinski definition) is 2. The van der Waals surface area contributed by atoms with Gasteiger partial charge in [-0.1, -0.05) is 50.8 Å². The van der Waals surface area contributed by atoms with Crippen LogP contribution in [0.3, 0.4) is 0 Å². The molecular formula is C31H47NO7. The number of carboxylic acid groups (broad SMARTS) is 1. The molecule has 0 radical (unpaired) electrons. The second kappa shape index (κ2) is 16.1. The lowest BCUT2D eigenvalue weighted by Crippen LogP contribution is -2.39. The molecule has 0 aromatic heterocycles. The average molecular weight is 546 g/mol. The molecule has 0 aromatic rings.